The largest absolute Gasteiger partial charge is 0.383 e. The minimum atomic E-state index is -0.269. The fourth-order valence-electron chi connectivity index (χ4n) is 2.51. The summed E-state index contributed by atoms with van der Waals surface area (Å²) < 4.78 is 6.43. The number of carbonyl (C=O) groups is 1. The minimum Gasteiger partial charge on any atom is -0.383 e. The molecular weight excluding hydrogens is 350 g/mol. The summed E-state index contributed by atoms with van der Waals surface area (Å²) in [7, 11) is 1.62. The Morgan fingerprint density at radius 1 is 1.42 bits per heavy atom. The molecule has 3 rings (SSSR count). The third kappa shape index (κ3) is 3.97. The molecule has 1 amide bonds. The van der Waals surface area contributed by atoms with E-state index in [-0.39, 0.29) is 12.1 Å². The number of aromatic nitrogens is 4. The van der Waals surface area contributed by atoms with Gasteiger partial charge in [-0.15, -0.1) is 11.3 Å². The molecular formula is C18H21N5O2S. The number of hydrogen-bond acceptors (Lipinski definition) is 6. The molecule has 0 fully saturated rings. The summed E-state index contributed by atoms with van der Waals surface area (Å²) in [5.74, 6) is 0. The molecule has 0 saturated heterocycles. The molecule has 8 heteroatoms. The molecule has 0 radical (unpaired) electrons. The SMILES string of the molecule is CCC(COC)NC(=O)n1ccc(-c2sc(-c3cccnc3)nc2C)n1. The van der Waals surface area contributed by atoms with Gasteiger partial charge in [0.05, 0.1) is 23.2 Å². The molecule has 0 aliphatic heterocycles. The van der Waals surface area contributed by atoms with E-state index in [0.29, 0.717) is 6.61 Å². The lowest BCUT2D eigenvalue weighted by Crippen LogP contribution is -2.40. The van der Waals surface area contributed by atoms with Crippen molar-refractivity contribution in [2.24, 2.45) is 0 Å². The van der Waals surface area contributed by atoms with E-state index >= 15 is 0 Å². The van der Waals surface area contributed by atoms with E-state index in [2.05, 4.69) is 20.4 Å². The highest BCUT2D eigenvalue weighted by Crippen LogP contribution is 2.33. The molecule has 1 atom stereocenters. The highest BCUT2D eigenvalue weighted by atomic mass is 32.1. The maximum Gasteiger partial charge on any atom is 0.342 e. The average molecular weight is 371 g/mol. The number of amides is 1. The minimum absolute atomic E-state index is 0.0394. The van der Waals surface area contributed by atoms with Gasteiger partial charge in [0, 0.05) is 31.3 Å². The van der Waals surface area contributed by atoms with E-state index in [1.165, 1.54) is 16.0 Å². The smallest absolute Gasteiger partial charge is 0.342 e. The first-order valence-corrected chi connectivity index (χ1v) is 9.17. The lowest BCUT2D eigenvalue weighted by atomic mass is 10.2. The monoisotopic (exact) mass is 371 g/mol. The molecule has 0 aromatic carbocycles. The highest BCUT2D eigenvalue weighted by Gasteiger charge is 2.17. The van der Waals surface area contributed by atoms with Crippen LogP contribution in [0.4, 0.5) is 4.79 Å². The predicted molar refractivity (Wildman–Crippen MR) is 101 cm³/mol. The predicted octanol–water partition coefficient (Wildman–Crippen LogP) is 3.36. The fourth-order valence-corrected chi connectivity index (χ4v) is 3.53. The molecule has 7 nitrogen and oxygen atoms in total. The van der Waals surface area contributed by atoms with Gasteiger partial charge in [0.2, 0.25) is 0 Å². The van der Waals surface area contributed by atoms with Gasteiger partial charge in [0.25, 0.3) is 0 Å². The Kier molecular flexibility index (Phi) is 5.75. The first kappa shape index (κ1) is 18.2. The molecule has 1 unspecified atom stereocenters. The van der Waals surface area contributed by atoms with E-state index < -0.39 is 0 Å². The van der Waals surface area contributed by atoms with Crippen molar-refractivity contribution >= 4 is 17.4 Å². The van der Waals surface area contributed by atoms with Gasteiger partial charge >= 0.3 is 6.03 Å². The number of nitrogens with one attached hydrogen (secondary N) is 1. The quantitative estimate of drug-likeness (QED) is 0.718. The van der Waals surface area contributed by atoms with Crippen molar-refractivity contribution in [3.05, 3.63) is 42.5 Å². The van der Waals surface area contributed by atoms with Gasteiger partial charge < -0.3 is 10.1 Å². The molecule has 1 N–H and O–H groups in total. The number of aryl methyl sites for hydroxylation is 1. The van der Waals surface area contributed by atoms with Crippen molar-refractivity contribution in [2.45, 2.75) is 26.3 Å². The molecule has 0 aliphatic rings. The second kappa shape index (κ2) is 8.20. The summed E-state index contributed by atoms with van der Waals surface area (Å²) in [4.78, 5) is 22.0. The summed E-state index contributed by atoms with van der Waals surface area (Å²) in [6, 6.07) is 5.37. The number of pyridine rings is 1. The van der Waals surface area contributed by atoms with Crippen molar-refractivity contribution in [2.75, 3.05) is 13.7 Å². The molecule has 0 spiro atoms. The van der Waals surface area contributed by atoms with Gasteiger partial charge in [-0.1, -0.05) is 6.92 Å². The Morgan fingerprint density at radius 2 is 2.27 bits per heavy atom. The zero-order valence-corrected chi connectivity index (χ0v) is 15.8. The van der Waals surface area contributed by atoms with Crippen LogP contribution in [0.25, 0.3) is 21.1 Å². The Hall–Kier alpha value is -2.58. The van der Waals surface area contributed by atoms with Gasteiger partial charge in [0.1, 0.15) is 10.7 Å². The van der Waals surface area contributed by atoms with Gasteiger partial charge in [0.15, 0.2) is 0 Å². The lowest BCUT2D eigenvalue weighted by Gasteiger charge is -2.15. The topological polar surface area (TPSA) is 81.9 Å². The van der Waals surface area contributed by atoms with Crippen LogP contribution in [0.1, 0.15) is 19.0 Å². The number of nitrogens with zero attached hydrogens (tertiary/aromatic N) is 4. The van der Waals surface area contributed by atoms with E-state index in [4.69, 9.17) is 4.74 Å². The first-order chi connectivity index (χ1) is 12.6. The van der Waals surface area contributed by atoms with Crippen molar-refractivity contribution in [1.82, 2.24) is 25.1 Å². The number of rotatable bonds is 6. The van der Waals surface area contributed by atoms with E-state index in [1.807, 2.05) is 32.0 Å². The van der Waals surface area contributed by atoms with Crippen LogP contribution < -0.4 is 5.32 Å². The molecule has 136 valence electrons. The van der Waals surface area contributed by atoms with Crippen LogP contribution in [0.3, 0.4) is 0 Å². The zero-order valence-electron chi connectivity index (χ0n) is 15.0. The zero-order chi connectivity index (χ0) is 18.5. The van der Waals surface area contributed by atoms with Crippen molar-refractivity contribution < 1.29 is 9.53 Å². The number of carbonyl (C=O) groups excluding carboxylic acids is 1. The Balaban J connectivity index is 1.80. The van der Waals surface area contributed by atoms with Gasteiger partial charge in [-0.25, -0.2) is 9.78 Å². The summed E-state index contributed by atoms with van der Waals surface area (Å²) in [6.07, 6.45) is 5.97. The van der Waals surface area contributed by atoms with Gasteiger partial charge in [-0.3, -0.25) is 4.98 Å². The standard InChI is InChI=1S/C18H21N5O2S/c1-4-14(11-25-3)21-18(24)23-9-7-15(22-23)16-12(2)20-17(26-16)13-6-5-8-19-10-13/h5-10,14H,4,11H2,1-3H3,(H,21,24). The average Bonchev–Trinajstić information content (AvgIpc) is 3.28. The maximum atomic E-state index is 12.4. The lowest BCUT2D eigenvalue weighted by molar-refractivity contribution is 0.163. The number of methoxy groups -OCH3 is 1. The molecule has 26 heavy (non-hydrogen) atoms. The van der Waals surface area contributed by atoms with Gasteiger partial charge in [-0.05, 0) is 31.5 Å². The second-order valence-electron chi connectivity index (χ2n) is 5.83. The Morgan fingerprint density at radius 3 is 2.96 bits per heavy atom. The molecule has 0 bridgehead atoms. The fraction of sp³-hybridized carbons (Fsp3) is 0.333. The molecule has 0 aliphatic carbocycles. The Bertz CT molecular complexity index is 875. The third-order valence-electron chi connectivity index (χ3n) is 3.92. The molecule has 0 saturated carbocycles. The normalized spacial score (nSPS) is 12.1. The van der Waals surface area contributed by atoms with Crippen LogP contribution in [-0.2, 0) is 4.74 Å². The van der Waals surface area contributed by atoms with Crippen LogP contribution in [0.5, 0.6) is 0 Å². The first-order valence-electron chi connectivity index (χ1n) is 8.36. The van der Waals surface area contributed by atoms with Crippen LogP contribution >= 0.6 is 11.3 Å². The van der Waals surface area contributed by atoms with E-state index in [9.17, 15) is 4.79 Å². The molecule has 3 aromatic rings. The van der Waals surface area contributed by atoms with Crippen molar-refractivity contribution in [3.63, 3.8) is 0 Å². The number of ether oxygens (including phenoxy) is 1. The van der Waals surface area contributed by atoms with Crippen molar-refractivity contribution in [1.29, 1.82) is 0 Å². The van der Waals surface area contributed by atoms with Crippen LogP contribution in [-0.4, -0.2) is 45.5 Å². The summed E-state index contributed by atoms with van der Waals surface area (Å²) in [5, 5.41) is 8.21. The van der Waals surface area contributed by atoms with E-state index in [0.717, 1.165) is 33.3 Å². The maximum absolute atomic E-state index is 12.4. The molecule has 3 aromatic heterocycles. The third-order valence-corrected chi connectivity index (χ3v) is 5.15. The molecule has 3 heterocycles. The summed E-state index contributed by atoms with van der Waals surface area (Å²) in [6.45, 7) is 4.41. The van der Waals surface area contributed by atoms with Crippen molar-refractivity contribution in [3.8, 4) is 21.1 Å². The van der Waals surface area contributed by atoms with Crippen LogP contribution in [0.15, 0.2) is 36.8 Å². The second-order valence-corrected chi connectivity index (χ2v) is 6.83. The highest BCUT2D eigenvalue weighted by molar-refractivity contribution is 7.18. The number of thiazole rings is 1. The van der Waals surface area contributed by atoms with E-state index in [1.54, 1.807) is 25.7 Å². The van der Waals surface area contributed by atoms with Gasteiger partial charge in [-0.2, -0.15) is 9.78 Å². The Labute approximate surface area is 156 Å². The number of hydrogen-bond donors (Lipinski definition) is 1. The van der Waals surface area contributed by atoms with Crippen LogP contribution in [0, 0.1) is 6.92 Å². The summed E-state index contributed by atoms with van der Waals surface area (Å²) in [5.41, 5.74) is 2.57. The van der Waals surface area contributed by atoms with Crippen LogP contribution in [0.2, 0.25) is 0 Å². The summed E-state index contributed by atoms with van der Waals surface area (Å²) >= 11 is 1.54.